The molecule has 154 valence electrons. The normalized spacial score (nSPS) is 11.8. The number of carbonyl (C=O) groups is 3. The van der Waals surface area contributed by atoms with Crippen LogP contribution in [0.15, 0.2) is 36.4 Å². The molecule has 5 nitrogen and oxygen atoms in total. The summed E-state index contributed by atoms with van der Waals surface area (Å²) >= 11 is 11.9. The van der Waals surface area contributed by atoms with E-state index < -0.39 is 24.5 Å². The fourth-order valence-corrected chi connectivity index (χ4v) is 3.23. The molecule has 0 radical (unpaired) electrons. The third-order valence-electron chi connectivity index (χ3n) is 4.42. The molecule has 0 bridgehead atoms. The van der Waals surface area contributed by atoms with E-state index in [0.717, 1.165) is 11.1 Å². The summed E-state index contributed by atoms with van der Waals surface area (Å²) in [6.45, 7) is 6.84. The minimum absolute atomic E-state index is 0.177. The summed E-state index contributed by atoms with van der Waals surface area (Å²) in [6.07, 6.45) is 0. The predicted molar refractivity (Wildman–Crippen MR) is 114 cm³/mol. The lowest BCUT2D eigenvalue weighted by Crippen LogP contribution is -2.45. The number of carbonyl (C=O) groups excluding carboxylic acids is 3. The molecule has 0 aliphatic rings. The van der Waals surface area contributed by atoms with Crippen LogP contribution in [0.5, 0.6) is 0 Å². The molecule has 0 fully saturated rings. The summed E-state index contributed by atoms with van der Waals surface area (Å²) in [5.74, 6) is -1.76. The fraction of sp³-hybridized carbons (Fsp3) is 0.318. The molecule has 1 atom stereocenters. The Hall–Kier alpha value is -2.37. The fourth-order valence-electron chi connectivity index (χ4n) is 2.73. The van der Waals surface area contributed by atoms with Gasteiger partial charge in [-0.05, 0) is 49.6 Å². The van der Waals surface area contributed by atoms with Crippen molar-refractivity contribution in [2.45, 2.75) is 33.7 Å². The highest BCUT2D eigenvalue weighted by Crippen LogP contribution is 2.21. The molecule has 0 spiro atoms. The monoisotopic (exact) mass is 435 g/mol. The SMILES string of the molecule is Cc1ccc(C)c(C(=O)COC(=O)[C@@H](NC(=O)c2ccc(Cl)cc2Cl)C(C)C)c1. The van der Waals surface area contributed by atoms with E-state index in [1.54, 1.807) is 19.9 Å². The third kappa shape index (κ3) is 6.05. The van der Waals surface area contributed by atoms with E-state index in [0.29, 0.717) is 10.6 Å². The second kappa shape index (κ2) is 9.90. The lowest BCUT2D eigenvalue weighted by atomic mass is 10.0. The van der Waals surface area contributed by atoms with Crippen molar-refractivity contribution >= 4 is 40.9 Å². The molecule has 29 heavy (non-hydrogen) atoms. The predicted octanol–water partition coefficient (Wildman–Crippen LogP) is 4.79. The van der Waals surface area contributed by atoms with Crippen molar-refractivity contribution in [2.75, 3.05) is 6.61 Å². The quantitative estimate of drug-likeness (QED) is 0.501. The molecular formula is C22H23Cl2NO4. The van der Waals surface area contributed by atoms with E-state index in [1.165, 1.54) is 18.2 Å². The Bertz CT molecular complexity index is 940. The Balaban J connectivity index is 2.06. The van der Waals surface area contributed by atoms with Gasteiger partial charge in [0.15, 0.2) is 6.61 Å². The van der Waals surface area contributed by atoms with Gasteiger partial charge in [-0.25, -0.2) is 4.79 Å². The van der Waals surface area contributed by atoms with Crippen molar-refractivity contribution in [2.24, 2.45) is 5.92 Å². The Labute approximate surface area is 180 Å². The van der Waals surface area contributed by atoms with Crippen LogP contribution in [0, 0.1) is 19.8 Å². The topological polar surface area (TPSA) is 72.5 Å². The number of hydrogen-bond donors (Lipinski definition) is 1. The van der Waals surface area contributed by atoms with Gasteiger partial charge in [-0.1, -0.05) is 54.7 Å². The number of halogens is 2. The molecule has 2 aromatic rings. The number of aryl methyl sites for hydroxylation is 2. The van der Waals surface area contributed by atoms with Crippen molar-refractivity contribution in [3.63, 3.8) is 0 Å². The van der Waals surface area contributed by atoms with Gasteiger partial charge in [-0.2, -0.15) is 0 Å². The lowest BCUT2D eigenvalue weighted by Gasteiger charge is -2.21. The van der Waals surface area contributed by atoms with Crippen molar-refractivity contribution in [1.29, 1.82) is 0 Å². The van der Waals surface area contributed by atoms with Crippen LogP contribution in [0.1, 0.15) is 45.7 Å². The zero-order chi connectivity index (χ0) is 21.7. The van der Waals surface area contributed by atoms with Crippen molar-refractivity contribution in [3.8, 4) is 0 Å². The summed E-state index contributed by atoms with van der Waals surface area (Å²) < 4.78 is 5.21. The van der Waals surface area contributed by atoms with Gasteiger partial charge in [0.25, 0.3) is 5.91 Å². The average Bonchev–Trinajstić information content (AvgIpc) is 2.65. The van der Waals surface area contributed by atoms with E-state index in [9.17, 15) is 14.4 Å². The van der Waals surface area contributed by atoms with Crippen molar-refractivity contribution < 1.29 is 19.1 Å². The first-order valence-electron chi connectivity index (χ1n) is 9.13. The highest BCUT2D eigenvalue weighted by atomic mass is 35.5. The molecule has 0 saturated carbocycles. The molecule has 0 saturated heterocycles. The maximum atomic E-state index is 12.5. The summed E-state index contributed by atoms with van der Waals surface area (Å²) in [6, 6.07) is 9.04. The molecule has 7 heteroatoms. The highest BCUT2D eigenvalue weighted by molar-refractivity contribution is 6.36. The number of ether oxygens (including phenoxy) is 1. The third-order valence-corrected chi connectivity index (χ3v) is 4.97. The highest BCUT2D eigenvalue weighted by Gasteiger charge is 2.27. The summed E-state index contributed by atoms with van der Waals surface area (Å²) in [7, 11) is 0. The molecule has 2 aromatic carbocycles. The number of hydrogen-bond acceptors (Lipinski definition) is 4. The van der Waals surface area contributed by atoms with Crippen LogP contribution in [0.4, 0.5) is 0 Å². The van der Waals surface area contributed by atoms with E-state index in [-0.39, 0.29) is 22.3 Å². The maximum absolute atomic E-state index is 12.5. The van der Waals surface area contributed by atoms with Crippen molar-refractivity contribution in [1.82, 2.24) is 5.32 Å². The Kier molecular flexibility index (Phi) is 7.82. The zero-order valence-electron chi connectivity index (χ0n) is 16.7. The zero-order valence-corrected chi connectivity index (χ0v) is 18.2. The summed E-state index contributed by atoms with van der Waals surface area (Å²) in [5.41, 5.74) is 2.46. The van der Waals surface area contributed by atoms with E-state index in [1.807, 2.05) is 26.0 Å². The van der Waals surface area contributed by atoms with Gasteiger partial charge >= 0.3 is 5.97 Å². The summed E-state index contributed by atoms with van der Waals surface area (Å²) in [5, 5.41) is 3.20. The molecule has 1 amide bonds. The van der Waals surface area contributed by atoms with Crippen LogP contribution < -0.4 is 5.32 Å². The molecule has 0 unspecified atom stereocenters. The Morgan fingerprint density at radius 1 is 1.00 bits per heavy atom. The van der Waals surface area contributed by atoms with Crippen LogP contribution in [-0.2, 0) is 9.53 Å². The van der Waals surface area contributed by atoms with E-state index in [2.05, 4.69) is 5.32 Å². The summed E-state index contributed by atoms with van der Waals surface area (Å²) in [4.78, 5) is 37.5. The van der Waals surface area contributed by atoms with Crippen LogP contribution in [0.2, 0.25) is 10.0 Å². The van der Waals surface area contributed by atoms with Gasteiger partial charge in [0.1, 0.15) is 6.04 Å². The largest absolute Gasteiger partial charge is 0.456 e. The molecule has 2 rings (SSSR count). The van der Waals surface area contributed by atoms with Gasteiger partial charge in [0.05, 0.1) is 10.6 Å². The first-order chi connectivity index (χ1) is 13.6. The molecule has 1 N–H and O–H groups in total. The Morgan fingerprint density at radius 3 is 2.31 bits per heavy atom. The first-order valence-corrected chi connectivity index (χ1v) is 9.88. The number of benzene rings is 2. The van der Waals surface area contributed by atoms with E-state index >= 15 is 0 Å². The van der Waals surface area contributed by atoms with Gasteiger partial charge < -0.3 is 10.1 Å². The minimum Gasteiger partial charge on any atom is -0.456 e. The number of ketones is 1. The second-order valence-corrected chi connectivity index (χ2v) is 8.01. The van der Waals surface area contributed by atoms with Gasteiger partial charge in [0.2, 0.25) is 5.78 Å². The molecule has 0 aliphatic carbocycles. The Morgan fingerprint density at radius 2 is 1.69 bits per heavy atom. The number of nitrogens with one attached hydrogen (secondary N) is 1. The van der Waals surface area contributed by atoms with Crippen LogP contribution in [0.3, 0.4) is 0 Å². The first kappa shape index (κ1) is 22.9. The maximum Gasteiger partial charge on any atom is 0.329 e. The number of amides is 1. The average molecular weight is 436 g/mol. The molecule has 0 aromatic heterocycles. The molecular weight excluding hydrogens is 413 g/mol. The van der Waals surface area contributed by atoms with Crippen LogP contribution in [-0.4, -0.2) is 30.3 Å². The smallest absolute Gasteiger partial charge is 0.329 e. The second-order valence-electron chi connectivity index (χ2n) is 7.17. The van der Waals surface area contributed by atoms with Crippen LogP contribution in [0.25, 0.3) is 0 Å². The molecule has 0 aliphatic heterocycles. The van der Waals surface area contributed by atoms with Gasteiger partial charge in [-0.15, -0.1) is 0 Å². The number of Topliss-reactive ketones (excluding diaryl/α,β-unsaturated/α-hetero) is 1. The van der Waals surface area contributed by atoms with Crippen molar-refractivity contribution in [3.05, 3.63) is 68.7 Å². The van der Waals surface area contributed by atoms with Gasteiger partial charge in [0, 0.05) is 10.6 Å². The van der Waals surface area contributed by atoms with Gasteiger partial charge in [-0.3, -0.25) is 9.59 Å². The lowest BCUT2D eigenvalue weighted by molar-refractivity contribution is -0.145. The standard InChI is InChI=1S/C22H23Cl2NO4/c1-12(2)20(25-21(27)16-8-7-15(23)10-18(16)24)22(28)29-11-19(26)17-9-13(3)5-6-14(17)4/h5-10,12,20H,11H2,1-4H3,(H,25,27)/t20-/m0/s1. The van der Waals surface area contributed by atoms with Crippen LogP contribution >= 0.6 is 23.2 Å². The molecule has 0 heterocycles. The minimum atomic E-state index is -0.930. The number of rotatable bonds is 7. The number of esters is 1. The van der Waals surface area contributed by atoms with E-state index in [4.69, 9.17) is 27.9 Å².